The van der Waals surface area contributed by atoms with Gasteiger partial charge >= 0.3 is 17.9 Å². The largest absolute Gasteiger partial charge is 0.493 e. The standard InChI is InChI=1S/C70H104O32/c1-29-54(99-58-49(82)45(78)39(27-92-58)97-60-50(83)46(79)43(76)37(25-71)95-60)48(81)52(85)59(93-29)100-56-53(86)55(98-42(75)15-11-31-10-13-35(90-8)36(22-31)91-9)30(2)94-62(56)102-64(89)69-19-18-65(3,4)23-33(69)32-12-14-40-66(5)24-34(74)57(101-61-51(84)47(80)44(77)38(26-72)96-61)68(7,63(87)88)41(66)16-17-67(40,6)70(32,28-73)21-20-69/h10-13,15,22,29-30,33-34,37-41,43-62,71-74,76-86H,14,16-21,23-28H2,1-9H3,(H,87,88)/t29-,30+,33-,34-,37+,38+,39+,40+,41+,43-,44+,45-,46-,47-,48?,49+,50+,51+,52?,53-,54-,55-,56+,57-,58-,59-,60-,61-,62-,66+,67+,68-,69-,70-/m0/s1. The summed E-state index contributed by atoms with van der Waals surface area (Å²) < 4.78 is 76.7. The smallest absolute Gasteiger partial charge is 0.331 e. The molecule has 0 aromatic heterocycles. The Morgan fingerprint density at radius 3 is 1.77 bits per heavy atom. The molecule has 1 aromatic rings. The summed E-state index contributed by atoms with van der Waals surface area (Å²) in [6, 6.07) is 4.88. The summed E-state index contributed by atoms with van der Waals surface area (Å²) in [4.78, 5) is 43.6. The first-order valence-corrected chi connectivity index (χ1v) is 35.2. The Morgan fingerprint density at radius 2 is 1.16 bits per heavy atom. The molecular weight excluding hydrogens is 1350 g/mol. The molecule has 4 saturated carbocycles. The fraction of sp³-hybridized carbons (Fsp3) is 0.814. The van der Waals surface area contributed by atoms with E-state index in [1.165, 1.54) is 41.1 Å². The maximum absolute atomic E-state index is 15.9. The quantitative estimate of drug-likeness (QED) is 0.0302. The molecule has 5 aliphatic carbocycles. The third-order valence-corrected chi connectivity index (χ3v) is 25.2. The molecule has 576 valence electrons. The maximum atomic E-state index is 15.9. The van der Waals surface area contributed by atoms with Crippen LogP contribution in [0.4, 0.5) is 0 Å². The fourth-order valence-corrected chi connectivity index (χ4v) is 19.3. The predicted molar refractivity (Wildman–Crippen MR) is 344 cm³/mol. The summed E-state index contributed by atoms with van der Waals surface area (Å²) in [6.45, 7) is 10.1. The topological polar surface area (TPSA) is 495 Å². The van der Waals surface area contributed by atoms with Crippen LogP contribution in [-0.4, -0.2) is 300 Å². The van der Waals surface area contributed by atoms with E-state index >= 15 is 4.79 Å². The number of ether oxygens (including phenoxy) is 13. The van der Waals surface area contributed by atoms with E-state index in [0.29, 0.717) is 42.7 Å². The third-order valence-electron chi connectivity index (χ3n) is 25.2. The Balaban J connectivity index is 0.850. The highest BCUT2D eigenvalue weighted by molar-refractivity contribution is 5.87. The van der Waals surface area contributed by atoms with E-state index < -0.39 is 236 Å². The highest BCUT2D eigenvalue weighted by atomic mass is 16.8. The van der Waals surface area contributed by atoms with E-state index in [1.807, 2.05) is 6.92 Å². The van der Waals surface area contributed by atoms with Crippen molar-refractivity contribution in [3.8, 4) is 11.5 Å². The SMILES string of the molecule is COc1ccc(C=CC(=O)O[C@@H]2[C@H](O)[C@@H](O[C@@H]3O[C@@H](C)[C@H](O[C@@H]4OC[C@@H](O[C@@H]5O[C@H](CO)[C@H](O)[C@H](O)[C@H]5O)[C@H](O)[C@H]4O)C(O)C3O)[C@H](OC(=O)[C@]34CCC(C)(C)C[C@H]3C3=CC[C@@H]5[C@@]6(C)C[C@H](O)[C@H](O[C@@H]7O[C@H](CO)[C@@H](O)[C@H](O)[C@H]7O)[C@@](C)(C(=O)O)[C@@H]6CC[C@@]5(C)[C@]3(CO)CC4)O[C@@H]2C)cc1OC. The van der Waals surface area contributed by atoms with Crippen molar-refractivity contribution in [3.05, 3.63) is 41.5 Å². The lowest BCUT2D eigenvalue weighted by atomic mass is 9.33. The molecule has 2 unspecified atom stereocenters. The van der Waals surface area contributed by atoms with Crippen LogP contribution in [-0.2, 0) is 66.5 Å². The minimum Gasteiger partial charge on any atom is -0.493 e. The van der Waals surface area contributed by atoms with Crippen LogP contribution >= 0.6 is 0 Å². The second kappa shape index (κ2) is 30.1. The Hall–Kier alpha value is -4.25. The molecule has 0 bridgehead atoms. The van der Waals surface area contributed by atoms with Gasteiger partial charge in [0.15, 0.2) is 48.9 Å². The Kier molecular flexibility index (Phi) is 23.2. The molecule has 9 fully saturated rings. The van der Waals surface area contributed by atoms with Gasteiger partial charge in [-0.15, -0.1) is 0 Å². The number of aliphatic hydroxyl groups is 15. The van der Waals surface area contributed by atoms with Crippen LogP contribution in [0.3, 0.4) is 0 Å². The van der Waals surface area contributed by atoms with Crippen LogP contribution in [0.5, 0.6) is 11.5 Å². The van der Waals surface area contributed by atoms with Crippen molar-refractivity contribution in [2.45, 2.75) is 266 Å². The van der Waals surface area contributed by atoms with Crippen LogP contribution < -0.4 is 9.47 Å². The number of carbonyl (C=O) groups is 3. The minimum absolute atomic E-state index is 0.00308. The number of carboxylic acids is 1. The average Bonchev–Trinajstić information content (AvgIpc) is 0.669. The second-order valence-corrected chi connectivity index (χ2v) is 31.3. The van der Waals surface area contributed by atoms with Gasteiger partial charge in [0.05, 0.1) is 69.8 Å². The van der Waals surface area contributed by atoms with Crippen molar-refractivity contribution in [2.24, 2.45) is 50.2 Å². The van der Waals surface area contributed by atoms with E-state index in [4.69, 9.17) is 61.6 Å². The summed E-state index contributed by atoms with van der Waals surface area (Å²) in [5.74, 6) is -3.91. The molecule has 0 spiro atoms. The number of fused-ring (bicyclic) bond motifs is 7. The second-order valence-electron chi connectivity index (χ2n) is 31.3. The van der Waals surface area contributed by atoms with Gasteiger partial charge in [-0.1, -0.05) is 45.4 Å². The molecule has 16 N–H and O–H groups in total. The molecule has 11 rings (SSSR count). The highest BCUT2D eigenvalue weighted by Gasteiger charge is 2.74. The minimum atomic E-state index is -2.08. The molecule has 102 heavy (non-hydrogen) atoms. The summed E-state index contributed by atoms with van der Waals surface area (Å²) in [7, 11) is 2.90. The molecule has 32 nitrogen and oxygen atoms in total. The van der Waals surface area contributed by atoms with Gasteiger partial charge in [-0.2, -0.15) is 0 Å². The number of aliphatic carboxylic acids is 1. The van der Waals surface area contributed by atoms with Gasteiger partial charge in [-0.3, -0.25) is 9.59 Å². The van der Waals surface area contributed by atoms with Gasteiger partial charge in [0.25, 0.3) is 0 Å². The number of methoxy groups -OCH3 is 2. The van der Waals surface area contributed by atoms with Gasteiger partial charge in [0.1, 0.15) is 97.7 Å². The van der Waals surface area contributed by atoms with Crippen molar-refractivity contribution in [1.29, 1.82) is 0 Å². The van der Waals surface area contributed by atoms with Gasteiger partial charge in [-0.05, 0) is 136 Å². The number of aliphatic hydroxyl groups excluding tert-OH is 15. The molecule has 0 amide bonds. The maximum Gasteiger partial charge on any atom is 0.331 e. The van der Waals surface area contributed by atoms with Gasteiger partial charge in [0, 0.05) is 11.5 Å². The monoisotopic (exact) mass is 1460 g/mol. The molecule has 34 atom stereocenters. The van der Waals surface area contributed by atoms with Crippen molar-refractivity contribution >= 4 is 24.0 Å². The number of hydrogen-bond acceptors (Lipinski definition) is 31. The number of esters is 2. The number of hydrogen-bond donors (Lipinski definition) is 16. The van der Waals surface area contributed by atoms with Crippen LogP contribution in [0, 0.1) is 50.2 Å². The Labute approximate surface area is 589 Å². The molecule has 5 aliphatic heterocycles. The number of carboxylic acid groups (broad SMARTS) is 1. The summed E-state index contributed by atoms with van der Waals surface area (Å²) in [6.07, 6.45) is -37.1. The van der Waals surface area contributed by atoms with Gasteiger partial charge in [-0.25, -0.2) is 4.79 Å². The Morgan fingerprint density at radius 1 is 0.578 bits per heavy atom. The van der Waals surface area contributed by atoms with E-state index in [0.717, 1.165) is 11.6 Å². The van der Waals surface area contributed by atoms with E-state index in [-0.39, 0.29) is 50.0 Å². The zero-order chi connectivity index (χ0) is 74.4. The van der Waals surface area contributed by atoms with Crippen LogP contribution in [0.1, 0.15) is 112 Å². The van der Waals surface area contributed by atoms with Crippen LogP contribution in [0.25, 0.3) is 6.08 Å². The number of rotatable bonds is 19. The summed E-state index contributed by atoms with van der Waals surface area (Å²) in [5, 5.41) is 178. The molecule has 32 heteroatoms. The van der Waals surface area contributed by atoms with Gasteiger partial charge < -0.3 is 143 Å². The van der Waals surface area contributed by atoms with E-state index in [9.17, 15) is 91.3 Å². The van der Waals surface area contributed by atoms with Crippen molar-refractivity contribution in [3.63, 3.8) is 0 Å². The predicted octanol–water partition coefficient (Wildman–Crippen LogP) is -2.23. The molecule has 10 aliphatic rings. The molecule has 0 radical (unpaired) electrons. The Bertz CT molecular complexity index is 3190. The van der Waals surface area contributed by atoms with Crippen LogP contribution in [0.15, 0.2) is 35.9 Å². The van der Waals surface area contributed by atoms with Crippen molar-refractivity contribution in [1.82, 2.24) is 0 Å². The first kappa shape index (κ1) is 78.8. The first-order chi connectivity index (χ1) is 48.0. The van der Waals surface area contributed by atoms with Crippen molar-refractivity contribution < 1.29 is 158 Å². The summed E-state index contributed by atoms with van der Waals surface area (Å²) >= 11 is 0. The molecular formula is C70H104O32. The zero-order valence-electron chi connectivity index (χ0n) is 58.6. The van der Waals surface area contributed by atoms with Crippen molar-refractivity contribution in [2.75, 3.05) is 40.6 Å². The lowest BCUT2D eigenvalue weighted by Gasteiger charge is -2.71. The number of carbonyl (C=O) groups excluding carboxylic acids is 2. The number of allylic oxidation sites excluding steroid dienone is 1. The third kappa shape index (κ3) is 13.6. The average molecular weight is 1460 g/mol. The fourth-order valence-electron chi connectivity index (χ4n) is 19.3. The normalized spacial score (nSPS) is 48.6. The van der Waals surface area contributed by atoms with Gasteiger partial charge in [0.2, 0.25) is 6.29 Å². The summed E-state index contributed by atoms with van der Waals surface area (Å²) in [5.41, 5.74) is -5.03. The lowest BCUT2D eigenvalue weighted by molar-refractivity contribution is -0.378. The first-order valence-electron chi connectivity index (χ1n) is 35.2. The lowest BCUT2D eigenvalue weighted by Crippen LogP contribution is -2.71. The number of benzene rings is 1. The van der Waals surface area contributed by atoms with E-state index in [2.05, 4.69) is 26.8 Å². The van der Waals surface area contributed by atoms with E-state index in [1.54, 1.807) is 18.2 Å². The zero-order valence-corrected chi connectivity index (χ0v) is 58.6. The molecule has 5 saturated heterocycles. The molecule has 5 heterocycles. The highest BCUT2D eigenvalue weighted by Crippen LogP contribution is 2.76. The molecule has 1 aromatic carbocycles. The van der Waals surface area contributed by atoms with Crippen LogP contribution in [0.2, 0.25) is 0 Å².